The summed E-state index contributed by atoms with van der Waals surface area (Å²) in [4.78, 5) is 22.3. The molecule has 18 heavy (non-hydrogen) atoms. The van der Waals surface area contributed by atoms with Crippen molar-refractivity contribution in [2.75, 3.05) is 13.2 Å². The fourth-order valence-corrected chi connectivity index (χ4v) is 1.87. The number of carbonyl (C=O) groups is 2. The van der Waals surface area contributed by atoms with Crippen LogP contribution in [0.15, 0.2) is 12.2 Å². The van der Waals surface area contributed by atoms with E-state index in [1.54, 1.807) is 0 Å². The molecule has 6 heteroatoms. The third-order valence-corrected chi connectivity index (χ3v) is 2.95. The van der Waals surface area contributed by atoms with Crippen LogP contribution in [0.5, 0.6) is 0 Å². The van der Waals surface area contributed by atoms with Crippen molar-refractivity contribution in [3.63, 3.8) is 0 Å². The molecule has 0 aromatic carbocycles. The molecule has 0 radical (unpaired) electrons. The minimum absolute atomic E-state index is 0.00885. The lowest BCUT2D eigenvalue weighted by Gasteiger charge is -2.19. The molecule has 0 heterocycles. The minimum atomic E-state index is -1.14. The van der Waals surface area contributed by atoms with Gasteiger partial charge in [-0.3, -0.25) is 0 Å². The Labute approximate surface area is 106 Å². The molecule has 0 saturated heterocycles. The van der Waals surface area contributed by atoms with E-state index in [1.807, 2.05) is 0 Å². The molecule has 2 unspecified atom stereocenters. The van der Waals surface area contributed by atoms with Crippen LogP contribution in [0.25, 0.3) is 0 Å². The number of aliphatic hydroxyl groups excluding tert-OH is 1. The van der Waals surface area contributed by atoms with Crippen LogP contribution in [0, 0.1) is 5.92 Å². The smallest absolute Gasteiger partial charge is 0.326 e. The Kier molecular flexibility index (Phi) is 6.21. The molecule has 0 aliphatic heterocycles. The van der Waals surface area contributed by atoms with Crippen molar-refractivity contribution in [3.05, 3.63) is 12.2 Å². The van der Waals surface area contributed by atoms with E-state index in [0.29, 0.717) is 12.5 Å². The topological polar surface area (TPSA) is 98.7 Å². The molecule has 4 N–H and O–H groups in total. The van der Waals surface area contributed by atoms with Crippen molar-refractivity contribution >= 4 is 12.0 Å². The van der Waals surface area contributed by atoms with Gasteiger partial charge >= 0.3 is 12.0 Å². The molecule has 1 rings (SSSR count). The first-order valence-electron chi connectivity index (χ1n) is 6.16. The number of urea groups is 1. The maximum absolute atomic E-state index is 11.5. The lowest BCUT2D eigenvalue weighted by molar-refractivity contribution is -0.139. The highest BCUT2D eigenvalue weighted by molar-refractivity contribution is 5.82. The summed E-state index contributed by atoms with van der Waals surface area (Å²) in [5, 5.41) is 22.5. The Balaban J connectivity index is 2.27. The first-order valence-corrected chi connectivity index (χ1v) is 6.16. The zero-order valence-electron chi connectivity index (χ0n) is 10.3. The first kappa shape index (κ1) is 14.5. The van der Waals surface area contributed by atoms with E-state index in [2.05, 4.69) is 22.8 Å². The molecule has 2 atom stereocenters. The largest absolute Gasteiger partial charge is 0.480 e. The molecule has 1 aliphatic rings. The quantitative estimate of drug-likeness (QED) is 0.519. The maximum atomic E-state index is 11.5. The molecule has 0 saturated carbocycles. The molecular weight excluding hydrogens is 236 g/mol. The van der Waals surface area contributed by atoms with E-state index in [-0.39, 0.29) is 13.0 Å². The summed E-state index contributed by atoms with van der Waals surface area (Å²) >= 11 is 0. The zero-order valence-corrected chi connectivity index (χ0v) is 10.3. The van der Waals surface area contributed by atoms with Crippen molar-refractivity contribution < 1.29 is 19.8 Å². The van der Waals surface area contributed by atoms with Crippen LogP contribution in [0.4, 0.5) is 4.79 Å². The van der Waals surface area contributed by atoms with Gasteiger partial charge in [0.2, 0.25) is 0 Å². The number of amides is 2. The van der Waals surface area contributed by atoms with Crippen LogP contribution < -0.4 is 10.6 Å². The predicted molar refractivity (Wildman–Crippen MR) is 66.1 cm³/mol. The van der Waals surface area contributed by atoms with Crippen molar-refractivity contribution in [2.24, 2.45) is 5.92 Å². The third-order valence-electron chi connectivity index (χ3n) is 2.95. The Morgan fingerprint density at radius 1 is 1.39 bits per heavy atom. The van der Waals surface area contributed by atoms with Gasteiger partial charge in [0.1, 0.15) is 6.04 Å². The Hall–Kier alpha value is -1.56. The van der Waals surface area contributed by atoms with Gasteiger partial charge in [-0.25, -0.2) is 9.59 Å². The Morgan fingerprint density at radius 2 is 2.17 bits per heavy atom. The summed E-state index contributed by atoms with van der Waals surface area (Å²) in [6, 6.07) is -1.54. The summed E-state index contributed by atoms with van der Waals surface area (Å²) in [7, 11) is 0. The van der Waals surface area contributed by atoms with Crippen LogP contribution in [0.2, 0.25) is 0 Å². The van der Waals surface area contributed by atoms with Gasteiger partial charge in [-0.1, -0.05) is 12.2 Å². The van der Waals surface area contributed by atoms with Crippen LogP contribution in [0.3, 0.4) is 0 Å². The van der Waals surface area contributed by atoms with Crippen molar-refractivity contribution in [1.29, 1.82) is 0 Å². The Morgan fingerprint density at radius 3 is 2.72 bits per heavy atom. The summed E-state index contributed by atoms with van der Waals surface area (Å²) in [5.41, 5.74) is 0. The lowest BCUT2D eigenvalue weighted by Crippen LogP contribution is -2.47. The fraction of sp³-hybridized carbons (Fsp3) is 0.667. The summed E-state index contributed by atoms with van der Waals surface area (Å²) in [5.74, 6) is -0.721. The van der Waals surface area contributed by atoms with Crippen LogP contribution in [-0.2, 0) is 4.79 Å². The highest BCUT2D eigenvalue weighted by Gasteiger charge is 2.19. The number of hydrogen-bond donors (Lipinski definition) is 4. The maximum Gasteiger partial charge on any atom is 0.326 e. The van der Waals surface area contributed by atoms with Crippen LogP contribution in [0.1, 0.15) is 25.7 Å². The van der Waals surface area contributed by atoms with Gasteiger partial charge in [0.05, 0.1) is 0 Å². The number of aliphatic carboxylic acids is 1. The number of aliphatic hydroxyl groups is 1. The van der Waals surface area contributed by atoms with Gasteiger partial charge in [0.25, 0.3) is 0 Å². The number of hydrogen-bond acceptors (Lipinski definition) is 3. The summed E-state index contributed by atoms with van der Waals surface area (Å²) in [6.45, 7) is 0.270. The highest BCUT2D eigenvalue weighted by Crippen LogP contribution is 2.16. The highest BCUT2D eigenvalue weighted by atomic mass is 16.4. The second-order valence-electron chi connectivity index (χ2n) is 4.41. The number of carboxylic acids is 1. The molecule has 0 bridgehead atoms. The van der Waals surface area contributed by atoms with Crippen molar-refractivity contribution in [2.45, 2.75) is 31.7 Å². The molecule has 1 aliphatic carbocycles. The minimum Gasteiger partial charge on any atom is -0.480 e. The number of carbonyl (C=O) groups excluding carboxylic acids is 1. The van der Waals surface area contributed by atoms with Gasteiger partial charge in [-0.05, 0) is 25.2 Å². The average Bonchev–Trinajstić information content (AvgIpc) is 2.37. The molecular formula is C12H20N2O4. The fourth-order valence-electron chi connectivity index (χ4n) is 1.87. The molecule has 6 nitrogen and oxygen atoms in total. The van der Waals surface area contributed by atoms with Crippen LogP contribution >= 0.6 is 0 Å². The average molecular weight is 256 g/mol. The van der Waals surface area contributed by atoms with Gasteiger partial charge in [0, 0.05) is 19.6 Å². The predicted octanol–water partition coefficient (Wildman–Crippen LogP) is 0.478. The number of rotatable bonds is 6. The second kappa shape index (κ2) is 7.71. The van der Waals surface area contributed by atoms with Gasteiger partial charge in [-0.2, -0.15) is 0 Å². The monoisotopic (exact) mass is 256 g/mol. The SMILES string of the molecule is O=C(NCC1CC=CCC1)NC(CCO)C(=O)O. The standard InChI is InChI=1S/C12H20N2O4/c15-7-6-10(11(16)17)14-12(18)13-8-9-4-2-1-3-5-9/h1-2,9-10,15H,3-8H2,(H,16,17)(H2,13,14,18). The molecule has 0 fully saturated rings. The number of allylic oxidation sites excluding steroid dienone is 2. The number of nitrogens with one attached hydrogen (secondary N) is 2. The molecule has 102 valence electrons. The van der Waals surface area contributed by atoms with Crippen molar-refractivity contribution in [1.82, 2.24) is 10.6 Å². The van der Waals surface area contributed by atoms with E-state index >= 15 is 0 Å². The zero-order chi connectivity index (χ0) is 13.4. The van der Waals surface area contributed by atoms with E-state index in [0.717, 1.165) is 19.3 Å². The molecule has 0 spiro atoms. The Bertz CT molecular complexity index is 317. The molecule has 0 aromatic rings. The van der Waals surface area contributed by atoms with E-state index in [1.165, 1.54) is 0 Å². The van der Waals surface area contributed by atoms with Gasteiger partial charge < -0.3 is 20.8 Å². The number of carboxylic acid groups (broad SMARTS) is 1. The second-order valence-corrected chi connectivity index (χ2v) is 4.41. The third kappa shape index (κ3) is 5.18. The van der Waals surface area contributed by atoms with Gasteiger partial charge in [-0.15, -0.1) is 0 Å². The molecule has 0 aromatic heterocycles. The normalized spacial score (nSPS) is 20.2. The van der Waals surface area contributed by atoms with Crippen molar-refractivity contribution in [3.8, 4) is 0 Å². The lowest BCUT2D eigenvalue weighted by atomic mass is 9.94. The first-order chi connectivity index (χ1) is 8.63. The van der Waals surface area contributed by atoms with E-state index < -0.39 is 18.0 Å². The van der Waals surface area contributed by atoms with Gasteiger partial charge in [0.15, 0.2) is 0 Å². The van der Waals surface area contributed by atoms with E-state index in [4.69, 9.17) is 10.2 Å². The van der Waals surface area contributed by atoms with E-state index in [9.17, 15) is 9.59 Å². The molecule has 2 amide bonds. The summed E-state index contributed by atoms with van der Waals surface area (Å²) < 4.78 is 0. The summed E-state index contributed by atoms with van der Waals surface area (Å²) in [6.07, 6.45) is 7.23. The van der Waals surface area contributed by atoms with Crippen LogP contribution in [-0.4, -0.2) is 41.4 Å².